The fourth-order valence-corrected chi connectivity index (χ4v) is 3.63. The van der Waals surface area contributed by atoms with Gasteiger partial charge in [0, 0.05) is 16.8 Å². The second-order valence-corrected chi connectivity index (χ2v) is 6.57. The van der Waals surface area contributed by atoms with E-state index in [-0.39, 0.29) is 5.91 Å². The molecule has 0 spiro atoms. The van der Waals surface area contributed by atoms with Gasteiger partial charge in [0.2, 0.25) is 0 Å². The highest BCUT2D eigenvalue weighted by Gasteiger charge is 2.22. The minimum atomic E-state index is -0.401. The van der Waals surface area contributed by atoms with Gasteiger partial charge in [0.15, 0.2) is 5.69 Å². The Hall–Kier alpha value is -2.74. The highest BCUT2D eigenvalue weighted by Crippen LogP contribution is 2.22. The summed E-state index contributed by atoms with van der Waals surface area (Å²) in [6, 6.07) is 5.22. The molecule has 8 heteroatoms. The van der Waals surface area contributed by atoms with Gasteiger partial charge in [-0.1, -0.05) is 0 Å². The number of hydrogen-bond acceptors (Lipinski definition) is 5. The number of thiazole rings is 1. The fraction of sp³-hybridized carbons (Fsp3) is 0.250. The maximum absolute atomic E-state index is 12.3. The van der Waals surface area contributed by atoms with Gasteiger partial charge in [0.1, 0.15) is 0 Å². The van der Waals surface area contributed by atoms with Crippen LogP contribution in [0.15, 0.2) is 23.7 Å². The first-order valence-electron chi connectivity index (χ1n) is 7.72. The molecule has 0 fully saturated rings. The number of carbonyl (C=O) groups excluding carboxylic acids is 2. The Morgan fingerprint density at radius 3 is 2.88 bits per heavy atom. The number of amides is 2. The van der Waals surface area contributed by atoms with Gasteiger partial charge in [-0.15, -0.1) is 11.3 Å². The van der Waals surface area contributed by atoms with Crippen LogP contribution in [-0.4, -0.2) is 27.0 Å². The summed E-state index contributed by atoms with van der Waals surface area (Å²) < 4.78 is 0.926. The van der Waals surface area contributed by atoms with Crippen molar-refractivity contribution in [1.82, 2.24) is 26.0 Å². The van der Waals surface area contributed by atoms with Gasteiger partial charge in [-0.3, -0.25) is 25.5 Å². The summed E-state index contributed by atoms with van der Waals surface area (Å²) in [5.74, 6) is -0.773. The molecule has 0 saturated carbocycles. The molecule has 0 saturated heterocycles. The average Bonchev–Trinajstić information content (AvgIpc) is 3.25. The zero-order chi connectivity index (χ0) is 16.5. The van der Waals surface area contributed by atoms with Crippen molar-refractivity contribution in [2.24, 2.45) is 0 Å². The Labute approximate surface area is 141 Å². The minimum Gasteiger partial charge on any atom is -0.281 e. The standard InChI is InChI=1S/C16H15N5O2S/c22-15(9-5-6-12-13(7-9)24-8-17-12)20-21-16(23)14-10-3-1-2-4-11(10)18-19-14/h5-8H,1-4H2,(H,18,19)(H,20,22)(H,21,23). The van der Waals surface area contributed by atoms with Crippen LogP contribution >= 0.6 is 11.3 Å². The second-order valence-electron chi connectivity index (χ2n) is 5.68. The van der Waals surface area contributed by atoms with Gasteiger partial charge in [-0.25, -0.2) is 4.98 Å². The maximum Gasteiger partial charge on any atom is 0.290 e. The van der Waals surface area contributed by atoms with Crippen LogP contribution in [0.5, 0.6) is 0 Å². The van der Waals surface area contributed by atoms with Crippen molar-refractivity contribution in [3.63, 3.8) is 0 Å². The van der Waals surface area contributed by atoms with Crippen LogP contribution in [0.25, 0.3) is 10.2 Å². The van der Waals surface area contributed by atoms with Gasteiger partial charge < -0.3 is 0 Å². The third-order valence-electron chi connectivity index (χ3n) is 4.15. The van der Waals surface area contributed by atoms with E-state index in [0.29, 0.717) is 11.3 Å². The van der Waals surface area contributed by atoms with E-state index in [0.717, 1.165) is 47.2 Å². The number of aryl methyl sites for hydroxylation is 1. The van der Waals surface area contributed by atoms with Gasteiger partial charge in [0.25, 0.3) is 11.8 Å². The molecule has 3 aromatic rings. The van der Waals surface area contributed by atoms with Gasteiger partial charge in [-0.2, -0.15) is 5.10 Å². The maximum atomic E-state index is 12.3. The first-order chi connectivity index (χ1) is 11.7. The van der Waals surface area contributed by atoms with E-state index in [1.165, 1.54) is 11.3 Å². The first-order valence-corrected chi connectivity index (χ1v) is 8.60. The normalized spacial score (nSPS) is 13.5. The van der Waals surface area contributed by atoms with Crippen LogP contribution in [0.3, 0.4) is 0 Å². The number of benzene rings is 1. The van der Waals surface area contributed by atoms with Crippen molar-refractivity contribution < 1.29 is 9.59 Å². The predicted molar refractivity (Wildman–Crippen MR) is 89.8 cm³/mol. The van der Waals surface area contributed by atoms with Gasteiger partial charge in [-0.05, 0) is 43.9 Å². The van der Waals surface area contributed by atoms with E-state index in [1.807, 2.05) is 0 Å². The lowest BCUT2D eigenvalue weighted by atomic mass is 9.96. The molecule has 2 heterocycles. The summed E-state index contributed by atoms with van der Waals surface area (Å²) in [5.41, 5.74) is 10.3. The lowest BCUT2D eigenvalue weighted by molar-refractivity contribution is 0.0843. The Bertz CT molecular complexity index is 930. The lowest BCUT2D eigenvalue weighted by Crippen LogP contribution is -2.42. The third-order valence-corrected chi connectivity index (χ3v) is 4.95. The summed E-state index contributed by atoms with van der Waals surface area (Å²) in [5, 5.41) is 7.00. The van der Waals surface area contributed by atoms with Crippen LogP contribution in [0, 0.1) is 0 Å². The van der Waals surface area contributed by atoms with Crippen LogP contribution < -0.4 is 10.9 Å². The Balaban J connectivity index is 1.45. The topological polar surface area (TPSA) is 99.8 Å². The number of H-pyrrole nitrogens is 1. The molecule has 4 rings (SSSR count). The van der Waals surface area contributed by atoms with E-state index in [4.69, 9.17) is 0 Å². The number of aromatic amines is 1. The largest absolute Gasteiger partial charge is 0.290 e. The van der Waals surface area contributed by atoms with Crippen LogP contribution in [0.1, 0.15) is 44.9 Å². The summed E-state index contributed by atoms with van der Waals surface area (Å²) in [6.07, 6.45) is 3.91. The van der Waals surface area contributed by atoms with E-state index < -0.39 is 5.91 Å². The number of rotatable bonds is 2. The SMILES string of the molecule is O=C(NNC(=O)c1n[nH]c2c1CCCC2)c1ccc2ncsc2c1. The highest BCUT2D eigenvalue weighted by molar-refractivity contribution is 7.16. The summed E-state index contributed by atoms with van der Waals surface area (Å²) in [4.78, 5) is 28.6. The highest BCUT2D eigenvalue weighted by atomic mass is 32.1. The molecule has 24 heavy (non-hydrogen) atoms. The van der Waals surface area contributed by atoms with E-state index in [9.17, 15) is 9.59 Å². The number of hydrazine groups is 1. The van der Waals surface area contributed by atoms with E-state index in [1.54, 1.807) is 23.7 Å². The van der Waals surface area contributed by atoms with Gasteiger partial charge >= 0.3 is 0 Å². The van der Waals surface area contributed by atoms with E-state index >= 15 is 0 Å². The van der Waals surface area contributed by atoms with Crippen LogP contribution in [-0.2, 0) is 12.8 Å². The first kappa shape index (κ1) is 14.8. The molecule has 0 bridgehead atoms. The number of fused-ring (bicyclic) bond motifs is 2. The van der Waals surface area contributed by atoms with Crippen molar-refractivity contribution in [2.45, 2.75) is 25.7 Å². The molecule has 1 aliphatic carbocycles. The number of nitrogens with one attached hydrogen (secondary N) is 3. The van der Waals surface area contributed by atoms with Crippen LogP contribution in [0.4, 0.5) is 0 Å². The molecule has 3 N–H and O–H groups in total. The second kappa shape index (κ2) is 6.04. The molecule has 2 amide bonds. The molecule has 7 nitrogen and oxygen atoms in total. The van der Waals surface area contributed by atoms with Crippen molar-refractivity contribution in [3.05, 3.63) is 46.2 Å². The van der Waals surface area contributed by atoms with Gasteiger partial charge in [0.05, 0.1) is 15.7 Å². The molecule has 0 atom stereocenters. The predicted octanol–water partition coefficient (Wildman–Crippen LogP) is 1.97. The molecule has 0 unspecified atom stereocenters. The molecule has 1 aromatic carbocycles. The third kappa shape index (κ3) is 2.65. The van der Waals surface area contributed by atoms with Crippen molar-refractivity contribution >= 4 is 33.4 Å². The number of hydrogen-bond donors (Lipinski definition) is 3. The molecular weight excluding hydrogens is 326 g/mol. The minimum absolute atomic E-state index is 0.364. The number of nitrogens with zero attached hydrogens (tertiary/aromatic N) is 2. The Kier molecular flexibility index (Phi) is 3.73. The van der Waals surface area contributed by atoms with Crippen molar-refractivity contribution in [2.75, 3.05) is 0 Å². The molecule has 0 aliphatic heterocycles. The quantitative estimate of drug-likeness (QED) is 0.621. The van der Waals surface area contributed by atoms with Crippen LogP contribution in [0.2, 0.25) is 0 Å². The summed E-state index contributed by atoms with van der Waals surface area (Å²) in [6.45, 7) is 0. The Morgan fingerprint density at radius 1 is 1.12 bits per heavy atom. The monoisotopic (exact) mass is 341 g/mol. The number of carbonyl (C=O) groups is 2. The summed E-state index contributed by atoms with van der Waals surface area (Å²) in [7, 11) is 0. The zero-order valence-electron chi connectivity index (χ0n) is 12.8. The van der Waals surface area contributed by atoms with Crippen molar-refractivity contribution in [1.29, 1.82) is 0 Å². The van der Waals surface area contributed by atoms with Crippen molar-refractivity contribution in [3.8, 4) is 0 Å². The molecule has 2 aromatic heterocycles. The molecule has 122 valence electrons. The molecule has 1 aliphatic rings. The molecular formula is C16H15N5O2S. The fourth-order valence-electron chi connectivity index (χ4n) is 2.91. The summed E-state index contributed by atoms with van der Waals surface area (Å²) >= 11 is 1.46. The zero-order valence-corrected chi connectivity index (χ0v) is 13.6. The molecule has 0 radical (unpaired) electrons. The lowest BCUT2D eigenvalue weighted by Gasteiger charge is -2.11. The number of aromatic nitrogens is 3. The van der Waals surface area contributed by atoms with E-state index in [2.05, 4.69) is 26.0 Å². The smallest absolute Gasteiger partial charge is 0.281 e. The average molecular weight is 341 g/mol. The Morgan fingerprint density at radius 2 is 1.96 bits per heavy atom.